The average Bonchev–Trinajstić information content (AvgIpc) is 3.13. The monoisotopic (exact) mass is 373 g/mol. The van der Waals surface area contributed by atoms with Crippen molar-refractivity contribution >= 4 is 21.8 Å². The van der Waals surface area contributed by atoms with Crippen molar-refractivity contribution in [1.82, 2.24) is 24.9 Å². The van der Waals surface area contributed by atoms with Gasteiger partial charge in [-0.1, -0.05) is 12.1 Å². The first-order chi connectivity index (χ1) is 11.1. The number of carbonyl (C=O) groups is 1. The summed E-state index contributed by atoms with van der Waals surface area (Å²) in [4.78, 5) is 12.3. The molecule has 0 fully saturated rings. The van der Waals surface area contributed by atoms with E-state index in [-0.39, 0.29) is 5.91 Å². The van der Waals surface area contributed by atoms with Crippen LogP contribution in [0.3, 0.4) is 0 Å². The van der Waals surface area contributed by atoms with Gasteiger partial charge in [-0.3, -0.25) is 14.2 Å². The zero-order valence-electron chi connectivity index (χ0n) is 12.6. The molecule has 23 heavy (non-hydrogen) atoms. The molecule has 0 aliphatic rings. The molecule has 0 aliphatic heterocycles. The summed E-state index contributed by atoms with van der Waals surface area (Å²) in [5, 5.41) is 11.2. The fraction of sp³-hybridized carbons (Fsp3) is 0.188. The minimum atomic E-state index is -0.102. The van der Waals surface area contributed by atoms with E-state index in [0.29, 0.717) is 18.7 Å². The molecular formula is C16H16BrN5O. The van der Waals surface area contributed by atoms with Gasteiger partial charge in [0.25, 0.3) is 5.91 Å². The van der Waals surface area contributed by atoms with Crippen molar-refractivity contribution in [1.29, 1.82) is 0 Å². The largest absolute Gasteiger partial charge is 0.346 e. The zero-order chi connectivity index (χ0) is 16.2. The molecule has 2 heterocycles. The normalized spacial score (nSPS) is 10.7. The molecule has 0 radical (unpaired) electrons. The summed E-state index contributed by atoms with van der Waals surface area (Å²) in [5.74, 6) is -0.102. The van der Waals surface area contributed by atoms with Crippen molar-refractivity contribution in [2.75, 3.05) is 0 Å². The third-order valence-electron chi connectivity index (χ3n) is 3.49. The van der Waals surface area contributed by atoms with Crippen LogP contribution in [-0.2, 0) is 20.1 Å². The number of rotatable bonds is 5. The highest BCUT2D eigenvalue weighted by Crippen LogP contribution is 2.11. The number of hydrogen-bond donors (Lipinski definition) is 1. The first-order valence-electron chi connectivity index (χ1n) is 7.14. The lowest BCUT2D eigenvalue weighted by Gasteiger charge is -2.08. The molecule has 0 aliphatic carbocycles. The van der Waals surface area contributed by atoms with Gasteiger partial charge in [0, 0.05) is 25.0 Å². The maximum absolute atomic E-state index is 12.3. The van der Waals surface area contributed by atoms with Crippen LogP contribution < -0.4 is 5.32 Å². The molecule has 7 heteroatoms. The Bertz CT molecular complexity index is 823. The lowest BCUT2D eigenvalue weighted by Crippen LogP contribution is -2.24. The Morgan fingerprint density at radius 2 is 2.17 bits per heavy atom. The fourth-order valence-electron chi connectivity index (χ4n) is 2.27. The van der Waals surface area contributed by atoms with Crippen LogP contribution in [0.1, 0.15) is 21.6 Å². The number of amides is 1. The number of benzene rings is 1. The van der Waals surface area contributed by atoms with Crippen LogP contribution in [0.25, 0.3) is 0 Å². The fourth-order valence-corrected chi connectivity index (χ4v) is 2.60. The molecule has 3 aromatic rings. The van der Waals surface area contributed by atoms with Crippen LogP contribution in [-0.4, -0.2) is 25.5 Å². The lowest BCUT2D eigenvalue weighted by atomic mass is 10.1. The Morgan fingerprint density at radius 1 is 1.30 bits per heavy atom. The van der Waals surface area contributed by atoms with Crippen LogP contribution >= 0.6 is 15.9 Å². The van der Waals surface area contributed by atoms with Gasteiger partial charge >= 0.3 is 0 Å². The van der Waals surface area contributed by atoms with Crippen LogP contribution in [0.2, 0.25) is 0 Å². The summed E-state index contributed by atoms with van der Waals surface area (Å²) in [6, 6.07) is 9.43. The van der Waals surface area contributed by atoms with E-state index in [9.17, 15) is 4.79 Å². The number of aryl methyl sites for hydroxylation is 1. The summed E-state index contributed by atoms with van der Waals surface area (Å²) >= 11 is 3.37. The highest BCUT2D eigenvalue weighted by Gasteiger charge is 2.08. The molecule has 118 valence electrons. The highest BCUT2D eigenvalue weighted by atomic mass is 79.9. The third-order valence-corrected chi connectivity index (χ3v) is 3.90. The van der Waals surface area contributed by atoms with E-state index in [4.69, 9.17) is 0 Å². The van der Waals surface area contributed by atoms with Gasteiger partial charge in [-0.15, -0.1) is 0 Å². The van der Waals surface area contributed by atoms with Crippen molar-refractivity contribution in [3.8, 4) is 0 Å². The molecule has 1 amide bonds. The van der Waals surface area contributed by atoms with E-state index in [1.165, 1.54) is 0 Å². The number of nitrogens with zero attached hydrogens (tertiary/aromatic N) is 4. The van der Waals surface area contributed by atoms with E-state index in [1.54, 1.807) is 23.1 Å². The van der Waals surface area contributed by atoms with Gasteiger partial charge in [0.2, 0.25) is 0 Å². The zero-order valence-corrected chi connectivity index (χ0v) is 14.2. The summed E-state index contributed by atoms with van der Waals surface area (Å²) in [6.45, 7) is 1.07. The number of hydrogen-bond acceptors (Lipinski definition) is 3. The molecule has 6 nitrogen and oxygen atoms in total. The predicted octanol–water partition coefficient (Wildman–Crippen LogP) is 2.36. The number of carbonyl (C=O) groups excluding carboxylic acids is 1. The summed E-state index contributed by atoms with van der Waals surface area (Å²) < 4.78 is 4.49. The van der Waals surface area contributed by atoms with Crippen molar-refractivity contribution in [3.05, 3.63) is 70.2 Å². The first-order valence-corrected chi connectivity index (χ1v) is 7.93. The Morgan fingerprint density at radius 3 is 2.87 bits per heavy atom. The standard InChI is InChI=1S/C16H16BrN5O/c1-21-15(5-6-19-21)9-18-16(23)13-4-2-3-12(7-13)10-22-11-14(17)8-20-22/h2-8,11H,9-10H2,1H3,(H,18,23). The van der Waals surface area contributed by atoms with Crippen LogP contribution in [0, 0.1) is 0 Å². The maximum Gasteiger partial charge on any atom is 0.251 e. The van der Waals surface area contributed by atoms with Crippen molar-refractivity contribution in [2.45, 2.75) is 13.1 Å². The number of nitrogens with one attached hydrogen (secondary N) is 1. The van der Waals surface area contributed by atoms with Gasteiger partial charge in [-0.05, 0) is 39.7 Å². The number of halogens is 1. The third kappa shape index (κ3) is 3.87. The van der Waals surface area contributed by atoms with E-state index in [1.807, 2.05) is 42.2 Å². The molecule has 2 aromatic heterocycles. The Hall–Kier alpha value is -2.41. The quantitative estimate of drug-likeness (QED) is 0.746. The van der Waals surface area contributed by atoms with E-state index < -0.39 is 0 Å². The molecule has 0 atom stereocenters. The van der Waals surface area contributed by atoms with Gasteiger partial charge < -0.3 is 5.32 Å². The van der Waals surface area contributed by atoms with Gasteiger partial charge in [0.05, 0.1) is 29.5 Å². The molecule has 0 unspecified atom stereocenters. The van der Waals surface area contributed by atoms with Crippen molar-refractivity contribution in [2.24, 2.45) is 7.05 Å². The SMILES string of the molecule is Cn1nccc1CNC(=O)c1cccc(Cn2cc(Br)cn2)c1. The van der Waals surface area contributed by atoms with Gasteiger partial charge in [-0.25, -0.2) is 0 Å². The van der Waals surface area contributed by atoms with Crippen molar-refractivity contribution in [3.63, 3.8) is 0 Å². The highest BCUT2D eigenvalue weighted by molar-refractivity contribution is 9.10. The van der Waals surface area contributed by atoms with Gasteiger partial charge in [0.1, 0.15) is 0 Å². The van der Waals surface area contributed by atoms with E-state index >= 15 is 0 Å². The molecule has 0 saturated heterocycles. The van der Waals surface area contributed by atoms with E-state index in [2.05, 4.69) is 31.4 Å². The van der Waals surface area contributed by atoms with Crippen molar-refractivity contribution < 1.29 is 4.79 Å². The summed E-state index contributed by atoms with van der Waals surface area (Å²) in [7, 11) is 1.85. The second-order valence-electron chi connectivity index (χ2n) is 5.19. The van der Waals surface area contributed by atoms with Gasteiger partial charge in [-0.2, -0.15) is 10.2 Å². The summed E-state index contributed by atoms with van der Waals surface area (Å²) in [5.41, 5.74) is 2.61. The number of aromatic nitrogens is 4. The summed E-state index contributed by atoms with van der Waals surface area (Å²) in [6.07, 6.45) is 5.35. The molecular weight excluding hydrogens is 358 g/mol. The topological polar surface area (TPSA) is 64.7 Å². The minimum Gasteiger partial charge on any atom is -0.346 e. The lowest BCUT2D eigenvalue weighted by molar-refractivity contribution is 0.0950. The van der Waals surface area contributed by atoms with Crippen LogP contribution in [0.4, 0.5) is 0 Å². The second-order valence-corrected chi connectivity index (χ2v) is 6.10. The molecule has 3 rings (SSSR count). The van der Waals surface area contributed by atoms with Gasteiger partial charge in [0.15, 0.2) is 0 Å². The smallest absolute Gasteiger partial charge is 0.251 e. The average molecular weight is 374 g/mol. The minimum absolute atomic E-state index is 0.102. The Labute approximate surface area is 142 Å². The Balaban J connectivity index is 1.66. The Kier molecular flexibility index (Phi) is 4.57. The molecule has 0 saturated carbocycles. The maximum atomic E-state index is 12.3. The molecule has 1 aromatic carbocycles. The molecule has 0 spiro atoms. The molecule has 0 bridgehead atoms. The first kappa shape index (κ1) is 15.5. The second kappa shape index (κ2) is 6.78. The van der Waals surface area contributed by atoms with Crippen LogP contribution in [0.15, 0.2) is 53.4 Å². The van der Waals surface area contributed by atoms with Crippen LogP contribution in [0.5, 0.6) is 0 Å². The molecule has 1 N–H and O–H groups in total. The predicted molar refractivity (Wildman–Crippen MR) is 89.8 cm³/mol. The van der Waals surface area contributed by atoms with E-state index in [0.717, 1.165) is 15.7 Å².